The third-order valence-electron chi connectivity index (χ3n) is 1.95. The molecule has 0 bridgehead atoms. The molecular formula is C11H13NO3. The fraction of sp³-hybridized carbons (Fsp3) is 0.273. The molecule has 0 aliphatic rings. The van der Waals surface area contributed by atoms with E-state index in [0.717, 1.165) is 0 Å². The SMILES string of the molecule is CC(C)N(C(=O)C(=O)O)c1ccccc1. The van der Waals surface area contributed by atoms with E-state index >= 15 is 0 Å². The highest BCUT2D eigenvalue weighted by Gasteiger charge is 2.24. The van der Waals surface area contributed by atoms with E-state index < -0.39 is 11.9 Å². The number of hydrogen-bond acceptors (Lipinski definition) is 2. The Balaban J connectivity index is 3.04. The summed E-state index contributed by atoms with van der Waals surface area (Å²) in [5.74, 6) is -2.34. The Hall–Kier alpha value is -1.84. The minimum Gasteiger partial charge on any atom is -0.474 e. The lowest BCUT2D eigenvalue weighted by Gasteiger charge is -2.24. The number of carboxylic acid groups (broad SMARTS) is 1. The lowest BCUT2D eigenvalue weighted by Crippen LogP contribution is -2.41. The maximum Gasteiger partial charge on any atom is 0.394 e. The van der Waals surface area contributed by atoms with Crippen LogP contribution in [0.1, 0.15) is 13.8 Å². The number of benzene rings is 1. The Morgan fingerprint density at radius 3 is 2.13 bits per heavy atom. The molecule has 0 heterocycles. The molecule has 0 spiro atoms. The van der Waals surface area contributed by atoms with Crippen molar-refractivity contribution in [3.63, 3.8) is 0 Å². The Morgan fingerprint density at radius 2 is 1.73 bits per heavy atom. The van der Waals surface area contributed by atoms with Crippen LogP contribution in [-0.2, 0) is 9.59 Å². The van der Waals surface area contributed by atoms with Crippen molar-refractivity contribution in [2.24, 2.45) is 0 Å². The number of carboxylic acids is 1. The highest BCUT2D eigenvalue weighted by molar-refractivity contribution is 6.37. The molecule has 0 atom stereocenters. The first-order chi connectivity index (χ1) is 7.04. The topological polar surface area (TPSA) is 57.6 Å². The summed E-state index contributed by atoms with van der Waals surface area (Å²) in [6.45, 7) is 3.54. The van der Waals surface area contributed by atoms with Gasteiger partial charge in [0, 0.05) is 11.7 Å². The summed E-state index contributed by atoms with van der Waals surface area (Å²) in [4.78, 5) is 23.3. The molecule has 4 heteroatoms. The van der Waals surface area contributed by atoms with Gasteiger partial charge < -0.3 is 10.0 Å². The lowest BCUT2D eigenvalue weighted by molar-refractivity contribution is -0.149. The first-order valence-corrected chi connectivity index (χ1v) is 4.65. The first-order valence-electron chi connectivity index (χ1n) is 4.65. The van der Waals surface area contributed by atoms with Crippen molar-refractivity contribution in [2.45, 2.75) is 19.9 Å². The molecule has 80 valence electrons. The van der Waals surface area contributed by atoms with Gasteiger partial charge in [-0.3, -0.25) is 4.79 Å². The van der Waals surface area contributed by atoms with E-state index in [0.29, 0.717) is 5.69 Å². The predicted octanol–water partition coefficient (Wildman–Crippen LogP) is 1.51. The van der Waals surface area contributed by atoms with Crippen LogP contribution in [0.5, 0.6) is 0 Å². The lowest BCUT2D eigenvalue weighted by atomic mass is 10.2. The van der Waals surface area contributed by atoms with Crippen molar-refractivity contribution in [1.29, 1.82) is 0 Å². The van der Waals surface area contributed by atoms with Crippen molar-refractivity contribution in [3.8, 4) is 0 Å². The van der Waals surface area contributed by atoms with E-state index in [2.05, 4.69) is 0 Å². The van der Waals surface area contributed by atoms with Crippen LogP contribution in [0.4, 0.5) is 5.69 Å². The quantitative estimate of drug-likeness (QED) is 0.748. The van der Waals surface area contributed by atoms with Gasteiger partial charge >= 0.3 is 11.9 Å². The van der Waals surface area contributed by atoms with Gasteiger partial charge in [-0.05, 0) is 26.0 Å². The van der Waals surface area contributed by atoms with Gasteiger partial charge in [-0.25, -0.2) is 4.79 Å². The van der Waals surface area contributed by atoms with Gasteiger partial charge in [0.1, 0.15) is 0 Å². The van der Waals surface area contributed by atoms with Gasteiger partial charge in [-0.15, -0.1) is 0 Å². The molecule has 4 nitrogen and oxygen atoms in total. The van der Waals surface area contributed by atoms with Gasteiger partial charge in [0.05, 0.1) is 0 Å². The Kier molecular flexibility index (Phi) is 3.44. The Bertz CT molecular complexity index is 359. The zero-order chi connectivity index (χ0) is 11.4. The predicted molar refractivity (Wildman–Crippen MR) is 56.7 cm³/mol. The van der Waals surface area contributed by atoms with E-state index in [1.807, 2.05) is 6.07 Å². The molecule has 0 radical (unpaired) electrons. The second-order valence-corrected chi connectivity index (χ2v) is 3.41. The van der Waals surface area contributed by atoms with Crippen molar-refractivity contribution in [2.75, 3.05) is 4.90 Å². The Morgan fingerprint density at radius 1 is 1.20 bits per heavy atom. The maximum atomic E-state index is 11.4. The van der Waals surface area contributed by atoms with Gasteiger partial charge in [0.15, 0.2) is 0 Å². The zero-order valence-corrected chi connectivity index (χ0v) is 8.68. The fourth-order valence-corrected chi connectivity index (χ4v) is 1.34. The third kappa shape index (κ3) is 2.56. The molecule has 1 aromatic carbocycles. The third-order valence-corrected chi connectivity index (χ3v) is 1.95. The largest absolute Gasteiger partial charge is 0.474 e. The van der Waals surface area contributed by atoms with Crippen molar-refractivity contribution in [3.05, 3.63) is 30.3 Å². The molecule has 0 aliphatic carbocycles. The van der Waals surface area contributed by atoms with Crippen molar-refractivity contribution >= 4 is 17.6 Å². The van der Waals surface area contributed by atoms with Crippen molar-refractivity contribution < 1.29 is 14.7 Å². The standard InChI is InChI=1S/C11H13NO3/c1-8(2)12(10(13)11(14)15)9-6-4-3-5-7-9/h3-8H,1-2H3,(H,14,15). The first kappa shape index (κ1) is 11.2. The normalized spacial score (nSPS) is 10.1. The van der Waals surface area contributed by atoms with Crippen LogP contribution in [0, 0.1) is 0 Å². The molecular weight excluding hydrogens is 194 g/mol. The number of amides is 1. The molecule has 0 aromatic heterocycles. The van der Waals surface area contributed by atoms with Crippen LogP contribution in [0.3, 0.4) is 0 Å². The second kappa shape index (κ2) is 4.59. The molecule has 1 aromatic rings. The van der Waals surface area contributed by atoms with Gasteiger partial charge in [-0.1, -0.05) is 18.2 Å². The van der Waals surface area contributed by atoms with E-state index in [4.69, 9.17) is 5.11 Å². The Labute approximate surface area is 88.1 Å². The average molecular weight is 207 g/mol. The van der Waals surface area contributed by atoms with Gasteiger partial charge in [0.2, 0.25) is 0 Å². The molecule has 1 rings (SSSR count). The zero-order valence-electron chi connectivity index (χ0n) is 8.68. The van der Waals surface area contributed by atoms with E-state index in [9.17, 15) is 9.59 Å². The molecule has 0 saturated carbocycles. The molecule has 0 unspecified atom stereocenters. The number of anilines is 1. The highest BCUT2D eigenvalue weighted by atomic mass is 16.4. The molecule has 1 amide bonds. The second-order valence-electron chi connectivity index (χ2n) is 3.41. The number of rotatable bonds is 2. The number of carbonyl (C=O) groups is 2. The van der Waals surface area contributed by atoms with E-state index in [1.54, 1.807) is 38.1 Å². The molecule has 0 saturated heterocycles. The summed E-state index contributed by atoms with van der Waals surface area (Å²) in [5, 5.41) is 8.67. The molecule has 0 fully saturated rings. The number of para-hydroxylation sites is 1. The molecule has 0 aliphatic heterocycles. The van der Waals surface area contributed by atoms with E-state index in [-0.39, 0.29) is 6.04 Å². The monoisotopic (exact) mass is 207 g/mol. The number of carbonyl (C=O) groups excluding carboxylic acids is 1. The van der Waals surface area contributed by atoms with Crippen molar-refractivity contribution in [1.82, 2.24) is 0 Å². The van der Waals surface area contributed by atoms with Crippen LogP contribution in [0.15, 0.2) is 30.3 Å². The van der Waals surface area contributed by atoms with Crippen LogP contribution in [0.25, 0.3) is 0 Å². The number of hydrogen-bond donors (Lipinski definition) is 1. The minimum absolute atomic E-state index is 0.184. The van der Waals surface area contributed by atoms with Crippen LogP contribution in [-0.4, -0.2) is 23.0 Å². The van der Waals surface area contributed by atoms with Crippen LogP contribution >= 0.6 is 0 Å². The number of nitrogens with zero attached hydrogens (tertiary/aromatic N) is 1. The van der Waals surface area contributed by atoms with Crippen LogP contribution in [0.2, 0.25) is 0 Å². The minimum atomic E-state index is -1.44. The van der Waals surface area contributed by atoms with Crippen LogP contribution < -0.4 is 4.90 Å². The highest BCUT2D eigenvalue weighted by Crippen LogP contribution is 2.16. The van der Waals surface area contributed by atoms with Gasteiger partial charge in [0.25, 0.3) is 0 Å². The van der Waals surface area contributed by atoms with E-state index in [1.165, 1.54) is 4.90 Å². The summed E-state index contributed by atoms with van der Waals surface area (Å²) >= 11 is 0. The summed E-state index contributed by atoms with van der Waals surface area (Å²) in [7, 11) is 0. The summed E-state index contributed by atoms with van der Waals surface area (Å²) < 4.78 is 0. The maximum absolute atomic E-state index is 11.4. The molecule has 1 N–H and O–H groups in total. The molecule has 15 heavy (non-hydrogen) atoms. The summed E-state index contributed by atoms with van der Waals surface area (Å²) in [6.07, 6.45) is 0. The smallest absolute Gasteiger partial charge is 0.394 e. The number of aliphatic carboxylic acids is 1. The average Bonchev–Trinajstić information content (AvgIpc) is 2.18. The fourth-order valence-electron chi connectivity index (χ4n) is 1.34. The van der Waals surface area contributed by atoms with Gasteiger partial charge in [-0.2, -0.15) is 0 Å². The summed E-state index contributed by atoms with van der Waals surface area (Å²) in [6, 6.07) is 8.57. The summed E-state index contributed by atoms with van der Waals surface area (Å²) in [5.41, 5.74) is 0.597.